The monoisotopic (exact) mass is 267 g/mol. The lowest BCUT2D eigenvalue weighted by atomic mass is 10.0. The molecule has 1 fully saturated rings. The smallest absolute Gasteiger partial charge is 0.337 e. The van der Waals surface area contributed by atoms with E-state index in [0.717, 1.165) is 12.2 Å². The van der Waals surface area contributed by atoms with Crippen molar-refractivity contribution in [3.8, 4) is 0 Å². The zero-order chi connectivity index (χ0) is 13.3. The molecule has 1 atom stereocenters. The first-order valence-corrected chi connectivity index (χ1v) is 6.68. The zero-order valence-electron chi connectivity index (χ0n) is 10.7. The molecule has 18 heavy (non-hydrogen) atoms. The van der Waals surface area contributed by atoms with Gasteiger partial charge in [-0.1, -0.05) is 25.4 Å². The first kappa shape index (κ1) is 13.2. The van der Waals surface area contributed by atoms with E-state index in [-0.39, 0.29) is 5.56 Å². The minimum Gasteiger partial charge on any atom is -0.478 e. The number of carboxylic acids is 1. The number of anilines is 1. The molecule has 1 aliphatic rings. The standard InChI is InChI=1S/C14H18ClNO2/c1-9(2)13-4-3-7-16(13)10-5-6-11(14(17)18)12(15)8-10/h5-6,8-9,13H,3-4,7H2,1-2H3,(H,17,18). The summed E-state index contributed by atoms with van der Waals surface area (Å²) in [6, 6.07) is 5.74. The third kappa shape index (κ3) is 2.46. The van der Waals surface area contributed by atoms with Gasteiger partial charge in [0.1, 0.15) is 0 Å². The number of aromatic carboxylic acids is 1. The third-order valence-corrected chi connectivity index (χ3v) is 3.90. The van der Waals surface area contributed by atoms with Gasteiger partial charge in [0, 0.05) is 18.3 Å². The van der Waals surface area contributed by atoms with Gasteiger partial charge in [0.15, 0.2) is 0 Å². The molecular formula is C14H18ClNO2. The zero-order valence-corrected chi connectivity index (χ0v) is 11.4. The van der Waals surface area contributed by atoms with E-state index < -0.39 is 5.97 Å². The van der Waals surface area contributed by atoms with Crippen LogP contribution in [0.1, 0.15) is 37.0 Å². The number of halogens is 1. The maximum absolute atomic E-state index is 10.9. The van der Waals surface area contributed by atoms with Crippen LogP contribution in [-0.4, -0.2) is 23.7 Å². The fourth-order valence-electron chi connectivity index (χ4n) is 2.66. The minimum absolute atomic E-state index is 0.167. The topological polar surface area (TPSA) is 40.5 Å². The maximum atomic E-state index is 10.9. The Morgan fingerprint density at radius 2 is 2.22 bits per heavy atom. The lowest BCUT2D eigenvalue weighted by molar-refractivity contribution is 0.0697. The number of rotatable bonds is 3. The number of carbonyl (C=O) groups is 1. The SMILES string of the molecule is CC(C)C1CCCN1c1ccc(C(=O)O)c(Cl)c1. The van der Waals surface area contributed by atoms with Crippen molar-refractivity contribution in [2.45, 2.75) is 32.7 Å². The molecule has 0 amide bonds. The predicted octanol–water partition coefficient (Wildman–Crippen LogP) is 3.66. The van der Waals surface area contributed by atoms with Crippen LogP contribution >= 0.6 is 11.6 Å². The van der Waals surface area contributed by atoms with Crippen LogP contribution in [0, 0.1) is 5.92 Å². The van der Waals surface area contributed by atoms with Crippen molar-refractivity contribution in [3.05, 3.63) is 28.8 Å². The molecule has 0 aliphatic carbocycles. The fraction of sp³-hybridized carbons (Fsp3) is 0.500. The Morgan fingerprint density at radius 1 is 1.50 bits per heavy atom. The first-order chi connectivity index (χ1) is 8.50. The Kier molecular flexibility index (Phi) is 3.81. The molecule has 98 valence electrons. The highest BCUT2D eigenvalue weighted by molar-refractivity contribution is 6.33. The van der Waals surface area contributed by atoms with Crippen molar-refractivity contribution in [2.75, 3.05) is 11.4 Å². The molecule has 0 saturated carbocycles. The van der Waals surface area contributed by atoms with Gasteiger partial charge in [-0.2, -0.15) is 0 Å². The first-order valence-electron chi connectivity index (χ1n) is 6.30. The summed E-state index contributed by atoms with van der Waals surface area (Å²) in [5.41, 5.74) is 1.20. The number of hydrogen-bond acceptors (Lipinski definition) is 2. The van der Waals surface area contributed by atoms with Crippen molar-refractivity contribution in [3.63, 3.8) is 0 Å². The average molecular weight is 268 g/mol. The van der Waals surface area contributed by atoms with Crippen LogP contribution in [0.2, 0.25) is 5.02 Å². The molecule has 0 aromatic heterocycles. The molecular weight excluding hydrogens is 250 g/mol. The highest BCUT2D eigenvalue weighted by Gasteiger charge is 2.27. The second kappa shape index (κ2) is 5.19. The molecule has 0 spiro atoms. The van der Waals surface area contributed by atoms with E-state index in [0.29, 0.717) is 17.0 Å². The van der Waals surface area contributed by atoms with Gasteiger partial charge in [-0.3, -0.25) is 0 Å². The Hall–Kier alpha value is -1.22. The van der Waals surface area contributed by atoms with Crippen molar-refractivity contribution in [1.82, 2.24) is 0 Å². The van der Waals surface area contributed by atoms with Gasteiger partial charge in [-0.05, 0) is 37.0 Å². The summed E-state index contributed by atoms with van der Waals surface area (Å²) in [5.74, 6) is -0.390. The molecule has 1 saturated heterocycles. The minimum atomic E-state index is -0.978. The average Bonchev–Trinajstić information content (AvgIpc) is 2.77. The van der Waals surface area contributed by atoms with E-state index in [4.69, 9.17) is 16.7 Å². The van der Waals surface area contributed by atoms with E-state index in [1.54, 1.807) is 12.1 Å². The van der Waals surface area contributed by atoms with E-state index >= 15 is 0 Å². The fourth-order valence-corrected chi connectivity index (χ4v) is 2.92. The predicted molar refractivity (Wildman–Crippen MR) is 73.6 cm³/mol. The van der Waals surface area contributed by atoms with E-state index in [9.17, 15) is 4.79 Å². The van der Waals surface area contributed by atoms with Crippen LogP contribution in [0.25, 0.3) is 0 Å². The Labute approximate surface area is 112 Å². The quantitative estimate of drug-likeness (QED) is 0.909. The molecule has 0 bridgehead atoms. The highest BCUT2D eigenvalue weighted by atomic mass is 35.5. The van der Waals surface area contributed by atoms with E-state index in [1.165, 1.54) is 12.8 Å². The normalized spacial score (nSPS) is 19.6. The number of benzene rings is 1. The van der Waals surface area contributed by atoms with Crippen LogP contribution in [0.4, 0.5) is 5.69 Å². The number of hydrogen-bond donors (Lipinski definition) is 1. The largest absolute Gasteiger partial charge is 0.478 e. The van der Waals surface area contributed by atoms with Gasteiger partial charge >= 0.3 is 5.97 Å². The summed E-state index contributed by atoms with van der Waals surface area (Å²) < 4.78 is 0. The van der Waals surface area contributed by atoms with Gasteiger partial charge in [-0.25, -0.2) is 4.79 Å². The van der Waals surface area contributed by atoms with Crippen molar-refractivity contribution < 1.29 is 9.90 Å². The summed E-state index contributed by atoms with van der Waals surface area (Å²) in [6.45, 7) is 5.46. The summed E-state index contributed by atoms with van der Waals surface area (Å²) in [6.07, 6.45) is 2.37. The maximum Gasteiger partial charge on any atom is 0.337 e. The van der Waals surface area contributed by atoms with Crippen LogP contribution in [0.15, 0.2) is 18.2 Å². The highest BCUT2D eigenvalue weighted by Crippen LogP contribution is 2.32. The Morgan fingerprint density at radius 3 is 2.78 bits per heavy atom. The van der Waals surface area contributed by atoms with Crippen LogP contribution in [-0.2, 0) is 0 Å². The van der Waals surface area contributed by atoms with E-state index in [2.05, 4.69) is 18.7 Å². The summed E-state index contributed by atoms with van der Waals surface area (Å²) in [4.78, 5) is 13.3. The molecule has 1 aromatic carbocycles. The van der Waals surface area contributed by atoms with Crippen LogP contribution in [0.5, 0.6) is 0 Å². The van der Waals surface area contributed by atoms with Gasteiger partial charge in [0.2, 0.25) is 0 Å². The van der Waals surface area contributed by atoms with Crippen molar-refractivity contribution in [1.29, 1.82) is 0 Å². The van der Waals surface area contributed by atoms with Gasteiger partial charge < -0.3 is 10.0 Å². The second-order valence-corrected chi connectivity index (χ2v) is 5.52. The third-order valence-electron chi connectivity index (χ3n) is 3.58. The number of nitrogens with zero attached hydrogens (tertiary/aromatic N) is 1. The molecule has 2 rings (SSSR count). The van der Waals surface area contributed by atoms with Gasteiger partial charge in [-0.15, -0.1) is 0 Å². The Bertz CT molecular complexity index is 459. The van der Waals surface area contributed by atoms with Gasteiger partial charge in [0.05, 0.1) is 10.6 Å². The van der Waals surface area contributed by atoms with Crippen LogP contribution < -0.4 is 4.90 Å². The molecule has 3 nitrogen and oxygen atoms in total. The molecule has 1 aliphatic heterocycles. The van der Waals surface area contributed by atoms with Crippen LogP contribution in [0.3, 0.4) is 0 Å². The van der Waals surface area contributed by atoms with Crippen molar-refractivity contribution >= 4 is 23.3 Å². The van der Waals surface area contributed by atoms with Gasteiger partial charge in [0.25, 0.3) is 0 Å². The second-order valence-electron chi connectivity index (χ2n) is 5.12. The molecule has 1 heterocycles. The van der Waals surface area contributed by atoms with Crippen molar-refractivity contribution in [2.24, 2.45) is 5.92 Å². The lowest BCUT2D eigenvalue weighted by Crippen LogP contribution is -2.33. The summed E-state index contributed by atoms with van der Waals surface area (Å²) in [5, 5.41) is 9.28. The molecule has 4 heteroatoms. The van der Waals surface area contributed by atoms with E-state index in [1.807, 2.05) is 6.07 Å². The number of carboxylic acid groups (broad SMARTS) is 1. The molecule has 1 aromatic rings. The summed E-state index contributed by atoms with van der Waals surface area (Å²) in [7, 11) is 0. The summed E-state index contributed by atoms with van der Waals surface area (Å²) >= 11 is 6.02. The molecule has 1 unspecified atom stereocenters. The molecule has 0 radical (unpaired) electrons. The Balaban J connectivity index is 2.29. The molecule has 1 N–H and O–H groups in total. The lowest BCUT2D eigenvalue weighted by Gasteiger charge is -2.30.